The molecule has 98 valence electrons. The molecule has 0 aromatic heterocycles. The summed E-state index contributed by atoms with van der Waals surface area (Å²) in [4.78, 5) is 22.4. The Bertz CT molecular complexity index is 486. The predicted molar refractivity (Wildman–Crippen MR) is 60.1 cm³/mol. The molecule has 0 spiro atoms. The van der Waals surface area contributed by atoms with Crippen LogP contribution in [0.15, 0.2) is 18.2 Å². The Morgan fingerprint density at radius 1 is 1.28 bits per heavy atom. The molecule has 0 aliphatic rings. The van der Waals surface area contributed by atoms with Crippen molar-refractivity contribution in [3.8, 4) is 0 Å². The highest BCUT2D eigenvalue weighted by Gasteiger charge is 2.27. The molecule has 4 nitrogen and oxygen atoms in total. The molecule has 0 atom stereocenters. The number of rotatable bonds is 4. The molecular weight excluding hydrogens is 244 g/mol. The van der Waals surface area contributed by atoms with Gasteiger partial charge in [-0.3, -0.25) is 9.59 Å². The third kappa shape index (κ3) is 3.26. The van der Waals surface area contributed by atoms with Crippen LogP contribution in [0, 0.1) is 17.0 Å². The summed E-state index contributed by atoms with van der Waals surface area (Å²) < 4.78 is 25.6. The number of amides is 1. The molecule has 0 saturated heterocycles. The summed E-state index contributed by atoms with van der Waals surface area (Å²) in [5, 5.41) is 11.2. The predicted octanol–water partition coefficient (Wildman–Crippen LogP) is 1.81. The largest absolute Gasteiger partial charge is 0.481 e. The van der Waals surface area contributed by atoms with E-state index >= 15 is 0 Å². The first kappa shape index (κ1) is 14.1. The first-order valence-corrected chi connectivity index (χ1v) is 5.20. The number of halogens is 2. The molecule has 0 heterocycles. The normalized spacial score (nSPS) is 11.1. The van der Waals surface area contributed by atoms with Gasteiger partial charge in [0, 0.05) is 12.1 Å². The molecule has 0 aliphatic carbocycles. The molecule has 0 radical (unpaired) electrons. The lowest BCUT2D eigenvalue weighted by atomic mass is 9.94. The molecule has 1 amide bonds. The number of benzene rings is 1. The van der Waals surface area contributed by atoms with E-state index in [9.17, 15) is 18.4 Å². The maximum atomic E-state index is 12.9. The average Bonchev–Trinajstić information content (AvgIpc) is 2.29. The van der Waals surface area contributed by atoms with E-state index in [0.717, 1.165) is 18.2 Å². The number of aliphatic carboxylic acids is 1. The lowest BCUT2D eigenvalue weighted by molar-refractivity contribution is -0.146. The highest BCUT2D eigenvalue weighted by atomic mass is 19.2. The molecule has 0 unspecified atom stereocenters. The smallest absolute Gasteiger partial charge is 0.310 e. The van der Waals surface area contributed by atoms with Crippen LogP contribution in [0.1, 0.15) is 24.2 Å². The number of nitrogens with one attached hydrogen (secondary N) is 1. The number of carboxylic acids is 1. The Morgan fingerprint density at radius 2 is 1.89 bits per heavy atom. The van der Waals surface area contributed by atoms with E-state index in [0.29, 0.717) is 0 Å². The molecule has 6 heteroatoms. The number of carbonyl (C=O) groups is 2. The highest BCUT2D eigenvalue weighted by molar-refractivity contribution is 5.94. The van der Waals surface area contributed by atoms with E-state index in [1.54, 1.807) is 0 Å². The fourth-order valence-electron chi connectivity index (χ4n) is 1.12. The van der Waals surface area contributed by atoms with Crippen molar-refractivity contribution >= 4 is 11.9 Å². The number of hydrogen-bond donors (Lipinski definition) is 2. The van der Waals surface area contributed by atoms with Crippen molar-refractivity contribution in [3.63, 3.8) is 0 Å². The summed E-state index contributed by atoms with van der Waals surface area (Å²) in [6, 6.07) is 2.73. The van der Waals surface area contributed by atoms with Gasteiger partial charge < -0.3 is 10.4 Å². The minimum absolute atomic E-state index is 0.0601. The zero-order chi connectivity index (χ0) is 13.9. The monoisotopic (exact) mass is 257 g/mol. The molecule has 18 heavy (non-hydrogen) atoms. The van der Waals surface area contributed by atoms with Crippen molar-refractivity contribution in [2.75, 3.05) is 6.54 Å². The van der Waals surface area contributed by atoms with Crippen LogP contribution in [0.4, 0.5) is 8.78 Å². The maximum Gasteiger partial charge on any atom is 0.310 e. The van der Waals surface area contributed by atoms with Gasteiger partial charge >= 0.3 is 5.97 Å². The van der Waals surface area contributed by atoms with E-state index in [4.69, 9.17) is 5.11 Å². The molecule has 1 rings (SSSR count). The van der Waals surface area contributed by atoms with Crippen LogP contribution in [-0.4, -0.2) is 23.5 Å². The van der Waals surface area contributed by atoms with E-state index in [2.05, 4.69) is 5.32 Å². The number of carboxylic acid groups (broad SMARTS) is 1. The number of hydrogen-bond acceptors (Lipinski definition) is 2. The zero-order valence-corrected chi connectivity index (χ0v) is 9.96. The fourth-order valence-corrected chi connectivity index (χ4v) is 1.12. The molecule has 0 bridgehead atoms. The van der Waals surface area contributed by atoms with Gasteiger partial charge in [-0.1, -0.05) is 0 Å². The Kier molecular flexibility index (Phi) is 4.00. The average molecular weight is 257 g/mol. The van der Waals surface area contributed by atoms with Crippen LogP contribution >= 0.6 is 0 Å². The van der Waals surface area contributed by atoms with Gasteiger partial charge in [0.15, 0.2) is 11.6 Å². The molecule has 0 saturated carbocycles. The molecule has 2 N–H and O–H groups in total. The van der Waals surface area contributed by atoms with Crippen LogP contribution in [0.2, 0.25) is 0 Å². The van der Waals surface area contributed by atoms with Crippen molar-refractivity contribution < 1.29 is 23.5 Å². The molecule has 1 aromatic carbocycles. The minimum Gasteiger partial charge on any atom is -0.481 e. The summed E-state index contributed by atoms with van der Waals surface area (Å²) in [6.07, 6.45) is 0. The van der Waals surface area contributed by atoms with Gasteiger partial charge in [-0.05, 0) is 32.0 Å². The Labute approximate surface area is 103 Å². The second-order valence-corrected chi connectivity index (χ2v) is 4.50. The lowest BCUT2D eigenvalue weighted by Crippen LogP contribution is -2.38. The Balaban J connectivity index is 2.72. The fraction of sp³-hybridized carbons (Fsp3) is 0.333. The standard InChI is InChI=1S/C12H13F2NO3/c1-12(2,11(17)18)6-15-10(16)7-3-4-8(13)9(14)5-7/h3-5H,6H2,1-2H3,(H,15,16)(H,17,18). The second-order valence-electron chi connectivity index (χ2n) is 4.50. The quantitative estimate of drug-likeness (QED) is 0.864. The second kappa shape index (κ2) is 5.12. The van der Waals surface area contributed by atoms with Crippen molar-refractivity contribution in [2.45, 2.75) is 13.8 Å². The van der Waals surface area contributed by atoms with Crippen LogP contribution < -0.4 is 5.32 Å². The van der Waals surface area contributed by atoms with Crippen molar-refractivity contribution in [1.29, 1.82) is 0 Å². The third-order valence-electron chi connectivity index (χ3n) is 2.45. The SMILES string of the molecule is CC(C)(CNC(=O)c1ccc(F)c(F)c1)C(=O)O. The number of carbonyl (C=O) groups excluding carboxylic acids is 1. The zero-order valence-electron chi connectivity index (χ0n) is 9.96. The highest BCUT2D eigenvalue weighted by Crippen LogP contribution is 2.14. The summed E-state index contributed by atoms with van der Waals surface area (Å²) >= 11 is 0. The molecule has 1 aromatic rings. The van der Waals surface area contributed by atoms with Gasteiger partial charge in [-0.25, -0.2) is 8.78 Å². The molecular formula is C12H13F2NO3. The first-order chi connectivity index (χ1) is 8.24. The van der Waals surface area contributed by atoms with Gasteiger partial charge in [0.25, 0.3) is 5.91 Å². The van der Waals surface area contributed by atoms with Gasteiger partial charge in [0.2, 0.25) is 0 Å². The van der Waals surface area contributed by atoms with Crippen LogP contribution in [0.3, 0.4) is 0 Å². The van der Waals surface area contributed by atoms with E-state index in [-0.39, 0.29) is 12.1 Å². The van der Waals surface area contributed by atoms with Crippen LogP contribution in [0.5, 0.6) is 0 Å². The summed E-state index contributed by atoms with van der Waals surface area (Å²) in [6.45, 7) is 2.78. The third-order valence-corrected chi connectivity index (χ3v) is 2.45. The van der Waals surface area contributed by atoms with Gasteiger partial charge in [-0.15, -0.1) is 0 Å². The van der Waals surface area contributed by atoms with Crippen molar-refractivity contribution in [2.24, 2.45) is 5.41 Å². The molecule has 0 fully saturated rings. The van der Waals surface area contributed by atoms with Crippen LogP contribution in [0.25, 0.3) is 0 Å². The van der Waals surface area contributed by atoms with E-state index < -0.39 is 28.9 Å². The molecule has 0 aliphatic heterocycles. The summed E-state index contributed by atoms with van der Waals surface area (Å²) in [7, 11) is 0. The van der Waals surface area contributed by atoms with E-state index in [1.807, 2.05) is 0 Å². The minimum atomic E-state index is -1.13. The van der Waals surface area contributed by atoms with Crippen molar-refractivity contribution in [3.05, 3.63) is 35.4 Å². The lowest BCUT2D eigenvalue weighted by Gasteiger charge is -2.19. The van der Waals surface area contributed by atoms with E-state index in [1.165, 1.54) is 13.8 Å². The first-order valence-electron chi connectivity index (χ1n) is 5.20. The maximum absolute atomic E-state index is 12.9. The Morgan fingerprint density at radius 3 is 2.39 bits per heavy atom. The van der Waals surface area contributed by atoms with Gasteiger partial charge in [0.05, 0.1) is 5.41 Å². The topological polar surface area (TPSA) is 66.4 Å². The van der Waals surface area contributed by atoms with Crippen LogP contribution in [-0.2, 0) is 4.79 Å². The summed E-state index contributed by atoms with van der Waals surface area (Å²) in [5.41, 5.74) is -1.19. The van der Waals surface area contributed by atoms with Gasteiger partial charge in [-0.2, -0.15) is 0 Å². The van der Waals surface area contributed by atoms with Gasteiger partial charge in [0.1, 0.15) is 0 Å². The Hall–Kier alpha value is -1.98. The summed E-state index contributed by atoms with van der Waals surface area (Å²) in [5.74, 6) is -3.88. The van der Waals surface area contributed by atoms with Crippen molar-refractivity contribution in [1.82, 2.24) is 5.32 Å².